The van der Waals surface area contributed by atoms with E-state index < -0.39 is 17.7 Å². The standard InChI is InChI=1S/C27H30ClN7O2/c1-27(2,3)37-26(36)35(16-12-21-8-4-5-13-30-21)18-23(31-22-9-6-7-20(28)17-22)25-32-24(33-34-25)19-10-14-29-15-11-19/h4-11,13-15,17,23,31H,12,16,18H2,1-3H3,(H,32,33,34). The molecule has 0 saturated carbocycles. The van der Waals surface area contributed by atoms with Gasteiger partial charge in [-0.15, -0.1) is 0 Å². The number of aromatic nitrogens is 5. The van der Waals surface area contributed by atoms with Crippen molar-refractivity contribution in [2.45, 2.75) is 38.8 Å². The van der Waals surface area contributed by atoms with Gasteiger partial charge in [0.15, 0.2) is 5.82 Å². The maximum absolute atomic E-state index is 13.3. The molecule has 1 unspecified atom stereocenters. The highest BCUT2D eigenvalue weighted by atomic mass is 35.5. The number of hydrogen-bond acceptors (Lipinski definition) is 7. The van der Waals surface area contributed by atoms with Crippen LogP contribution in [-0.2, 0) is 11.2 Å². The third-order valence-electron chi connectivity index (χ3n) is 5.36. The number of benzene rings is 1. The van der Waals surface area contributed by atoms with Crippen LogP contribution >= 0.6 is 11.6 Å². The first kappa shape index (κ1) is 26.1. The number of rotatable bonds is 9. The van der Waals surface area contributed by atoms with Crippen molar-refractivity contribution in [2.75, 3.05) is 18.4 Å². The third kappa shape index (κ3) is 7.75. The number of carbonyl (C=O) groups is 1. The van der Waals surface area contributed by atoms with Gasteiger partial charge in [-0.3, -0.25) is 15.1 Å². The van der Waals surface area contributed by atoms with Gasteiger partial charge >= 0.3 is 6.09 Å². The molecule has 0 saturated heterocycles. The summed E-state index contributed by atoms with van der Waals surface area (Å²) in [6.07, 6.45) is 5.27. The van der Waals surface area contributed by atoms with Gasteiger partial charge in [-0.1, -0.05) is 23.7 Å². The Balaban J connectivity index is 1.62. The van der Waals surface area contributed by atoms with Crippen LogP contribution < -0.4 is 5.32 Å². The van der Waals surface area contributed by atoms with E-state index in [4.69, 9.17) is 21.3 Å². The number of hydrogen-bond donors (Lipinski definition) is 2. The van der Waals surface area contributed by atoms with E-state index in [1.807, 2.05) is 69.3 Å². The van der Waals surface area contributed by atoms with Gasteiger partial charge in [0, 0.05) is 53.5 Å². The summed E-state index contributed by atoms with van der Waals surface area (Å²) < 4.78 is 5.73. The number of ether oxygens (including phenoxy) is 1. The Morgan fingerprint density at radius 1 is 1.11 bits per heavy atom. The number of nitrogens with one attached hydrogen (secondary N) is 2. The molecular formula is C27H30ClN7O2. The normalized spacial score (nSPS) is 12.1. The van der Waals surface area contributed by atoms with Crippen LogP contribution in [0.5, 0.6) is 0 Å². The molecule has 1 amide bonds. The number of carbonyl (C=O) groups excluding carboxylic acids is 1. The summed E-state index contributed by atoms with van der Waals surface area (Å²) >= 11 is 6.23. The van der Waals surface area contributed by atoms with Gasteiger partial charge in [0.05, 0.1) is 6.54 Å². The Kier molecular flexibility index (Phi) is 8.35. The summed E-state index contributed by atoms with van der Waals surface area (Å²) in [5.41, 5.74) is 1.86. The first-order chi connectivity index (χ1) is 17.8. The predicted molar refractivity (Wildman–Crippen MR) is 143 cm³/mol. The highest BCUT2D eigenvalue weighted by molar-refractivity contribution is 6.30. The van der Waals surface area contributed by atoms with Crippen LogP contribution in [0.3, 0.4) is 0 Å². The summed E-state index contributed by atoms with van der Waals surface area (Å²) in [7, 11) is 0. The van der Waals surface area contributed by atoms with Gasteiger partial charge in [0.2, 0.25) is 0 Å². The average molecular weight is 520 g/mol. The van der Waals surface area contributed by atoms with E-state index >= 15 is 0 Å². The molecule has 4 aromatic rings. The number of pyridine rings is 2. The largest absolute Gasteiger partial charge is 0.444 e. The molecule has 4 rings (SSSR count). The van der Waals surface area contributed by atoms with E-state index in [-0.39, 0.29) is 6.54 Å². The minimum atomic E-state index is -0.642. The lowest BCUT2D eigenvalue weighted by atomic mass is 10.2. The Bertz CT molecular complexity index is 1290. The highest BCUT2D eigenvalue weighted by Gasteiger charge is 2.27. The van der Waals surface area contributed by atoms with Crippen LogP contribution in [0.2, 0.25) is 5.02 Å². The molecule has 0 radical (unpaired) electrons. The summed E-state index contributed by atoms with van der Waals surface area (Å²) in [6.45, 7) is 6.22. The maximum atomic E-state index is 13.3. The van der Waals surface area contributed by atoms with Crippen LogP contribution in [-0.4, -0.2) is 54.8 Å². The SMILES string of the molecule is CC(C)(C)OC(=O)N(CCc1ccccn1)CC(Nc1cccc(Cl)c1)c1nc(-c2ccncc2)n[nH]1. The van der Waals surface area contributed by atoms with Crippen LogP contribution in [0, 0.1) is 0 Å². The fraction of sp³-hybridized carbons (Fsp3) is 0.296. The molecule has 0 aliphatic rings. The van der Waals surface area contributed by atoms with E-state index in [9.17, 15) is 4.79 Å². The molecule has 10 heteroatoms. The van der Waals surface area contributed by atoms with Crippen LogP contribution in [0.25, 0.3) is 11.4 Å². The Labute approximate surface area is 221 Å². The molecule has 1 aromatic carbocycles. The number of nitrogens with zero attached hydrogens (tertiary/aromatic N) is 5. The van der Waals surface area contributed by atoms with Gasteiger partial charge in [-0.2, -0.15) is 5.10 Å². The van der Waals surface area contributed by atoms with Gasteiger partial charge in [-0.05, 0) is 63.2 Å². The summed E-state index contributed by atoms with van der Waals surface area (Å²) in [5.74, 6) is 1.10. The lowest BCUT2D eigenvalue weighted by Crippen LogP contribution is -2.41. The fourth-order valence-corrected chi connectivity index (χ4v) is 3.83. The molecule has 0 aliphatic carbocycles. The molecule has 0 spiro atoms. The second kappa shape index (κ2) is 11.8. The van der Waals surface area contributed by atoms with Crippen LogP contribution in [0.4, 0.5) is 10.5 Å². The highest BCUT2D eigenvalue weighted by Crippen LogP contribution is 2.24. The number of H-pyrrole nitrogens is 1. The second-order valence-electron chi connectivity index (χ2n) is 9.48. The maximum Gasteiger partial charge on any atom is 0.410 e. The quantitative estimate of drug-likeness (QED) is 0.298. The Morgan fingerprint density at radius 3 is 2.62 bits per heavy atom. The first-order valence-corrected chi connectivity index (χ1v) is 12.4. The zero-order valence-corrected chi connectivity index (χ0v) is 21.8. The number of halogens is 1. The van der Waals surface area contributed by atoms with Gasteiger partial charge in [0.1, 0.15) is 17.5 Å². The van der Waals surface area contributed by atoms with Crippen LogP contribution in [0.15, 0.2) is 73.2 Å². The number of aromatic amines is 1. The topological polar surface area (TPSA) is 109 Å². The van der Waals surface area contributed by atoms with Gasteiger partial charge in [0.25, 0.3) is 0 Å². The number of amides is 1. The van der Waals surface area contributed by atoms with E-state index in [1.165, 1.54) is 0 Å². The zero-order valence-electron chi connectivity index (χ0n) is 21.1. The molecule has 192 valence electrons. The molecule has 2 N–H and O–H groups in total. The monoisotopic (exact) mass is 519 g/mol. The lowest BCUT2D eigenvalue weighted by Gasteiger charge is -2.30. The van der Waals surface area contributed by atoms with Crippen molar-refractivity contribution >= 4 is 23.4 Å². The summed E-state index contributed by atoms with van der Waals surface area (Å²) in [4.78, 5) is 28.1. The number of anilines is 1. The molecule has 37 heavy (non-hydrogen) atoms. The zero-order chi connectivity index (χ0) is 26.3. The van der Waals surface area contributed by atoms with Crippen molar-refractivity contribution in [1.82, 2.24) is 30.0 Å². The minimum Gasteiger partial charge on any atom is -0.444 e. The van der Waals surface area contributed by atoms with E-state index in [2.05, 4.69) is 25.5 Å². The Hall–Kier alpha value is -3.98. The van der Waals surface area contributed by atoms with Crippen molar-refractivity contribution in [2.24, 2.45) is 0 Å². The van der Waals surface area contributed by atoms with Crippen molar-refractivity contribution < 1.29 is 9.53 Å². The minimum absolute atomic E-state index is 0.263. The molecule has 1 atom stereocenters. The molecule has 0 aliphatic heterocycles. The summed E-state index contributed by atoms with van der Waals surface area (Å²) in [6, 6.07) is 16.4. The molecule has 9 nitrogen and oxygen atoms in total. The smallest absolute Gasteiger partial charge is 0.410 e. The van der Waals surface area contributed by atoms with Crippen molar-refractivity contribution in [3.63, 3.8) is 0 Å². The van der Waals surface area contributed by atoms with Gasteiger partial charge in [-0.25, -0.2) is 9.78 Å². The summed E-state index contributed by atoms with van der Waals surface area (Å²) in [5, 5.41) is 11.5. The van der Waals surface area contributed by atoms with Crippen molar-refractivity contribution in [3.8, 4) is 11.4 Å². The van der Waals surface area contributed by atoms with Crippen molar-refractivity contribution in [1.29, 1.82) is 0 Å². The third-order valence-corrected chi connectivity index (χ3v) is 5.59. The molecule has 0 bridgehead atoms. The predicted octanol–water partition coefficient (Wildman–Crippen LogP) is 5.55. The van der Waals surface area contributed by atoms with E-state index in [0.717, 1.165) is 16.9 Å². The lowest BCUT2D eigenvalue weighted by molar-refractivity contribution is 0.0243. The van der Waals surface area contributed by atoms with Crippen LogP contribution in [0.1, 0.15) is 38.3 Å². The average Bonchev–Trinajstić information content (AvgIpc) is 3.36. The van der Waals surface area contributed by atoms with E-state index in [1.54, 1.807) is 29.6 Å². The molecule has 3 aromatic heterocycles. The van der Waals surface area contributed by atoms with Crippen molar-refractivity contribution in [3.05, 3.63) is 89.7 Å². The second-order valence-corrected chi connectivity index (χ2v) is 9.92. The first-order valence-electron chi connectivity index (χ1n) is 12.0. The van der Waals surface area contributed by atoms with E-state index in [0.29, 0.717) is 29.6 Å². The molecular weight excluding hydrogens is 490 g/mol. The Morgan fingerprint density at radius 2 is 1.92 bits per heavy atom. The molecule has 0 fully saturated rings. The fourth-order valence-electron chi connectivity index (χ4n) is 3.64. The van der Waals surface area contributed by atoms with Gasteiger partial charge < -0.3 is 15.0 Å². The molecule has 3 heterocycles.